The van der Waals surface area contributed by atoms with Crippen LogP contribution in [0, 0.1) is 11.3 Å². The minimum atomic E-state index is -3.70. The van der Waals surface area contributed by atoms with Crippen LogP contribution in [0.5, 0.6) is 0 Å². The van der Waals surface area contributed by atoms with Gasteiger partial charge in [-0.3, -0.25) is 0 Å². The maximum absolute atomic E-state index is 12.2. The Labute approximate surface area is 109 Å². The lowest BCUT2D eigenvalue weighted by molar-refractivity contribution is 0.0311. The first-order valence-corrected chi connectivity index (χ1v) is 6.85. The van der Waals surface area contributed by atoms with Crippen LogP contribution in [0.3, 0.4) is 0 Å². The summed E-state index contributed by atoms with van der Waals surface area (Å²) in [6.07, 6.45) is 1.53. The molecule has 1 atom stereocenters. The molecule has 1 saturated heterocycles. The number of hydrogen-bond acceptors (Lipinski definition) is 6. The van der Waals surface area contributed by atoms with Crippen LogP contribution < -0.4 is 0 Å². The monoisotopic (exact) mass is 288 g/mol. The van der Waals surface area contributed by atoms with E-state index in [1.165, 1.54) is 4.31 Å². The second-order valence-electron chi connectivity index (χ2n) is 3.54. The van der Waals surface area contributed by atoms with E-state index < -0.39 is 16.1 Å². The van der Waals surface area contributed by atoms with Crippen molar-refractivity contribution < 1.29 is 13.2 Å². The van der Waals surface area contributed by atoms with E-state index in [2.05, 4.69) is 9.97 Å². The summed E-state index contributed by atoms with van der Waals surface area (Å²) in [5.74, 6) is 0. The highest BCUT2D eigenvalue weighted by molar-refractivity contribution is 7.89. The fraction of sp³-hybridized carbons (Fsp3) is 0.444. The molecule has 1 aromatic heterocycles. The Morgan fingerprint density at radius 1 is 1.50 bits per heavy atom. The van der Waals surface area contributed by atoms with Crippen molar-refractivity contribution in [1.29, 1.82) is 5.26 Å². The van der Waals surface area contributed by atoms with Crippen LogP contribution in [0.15, 0.2) is 17.3 Å². The molecule has 0 radical (unpaired) electrons. The molecule has 1 fully saturated rings. The highest BCUT2D eigenvalue weighted by Gasteiger charge is 2.31. The second-order valence-corrected chi connectivity index (χ2v) is 5.82. The first kappa shape index (κ1) is 13.2. The normalized spacial score (nSPS) is 21.4. The fourth-order valence-corrected chi connectivity index (χ4v) is 2.92. The van der Waals surface area contributed by atoms with Crippen molar-refractivity contribution in [3.8, 4) is 6.07 Å². The van der Waals surface area contributed by atoms with Crippen LogP contribution in [0.4, 0.5) is 0 Å². The van der Waals surface area contributed by atoms with Gasteiger partial charge in [0.25, 0.3) is 0 Å². The molecule has 2 rings (SSSR count). The van der Waals surface area contributed by atoms with Crippen molar-refractivity contribution in [3.05, 3.63) is 17.7 Å². The average molecular weight is 289 g/mol. The van der Waals surface area contributed by atoms with Crippen LogP contribution in [0.25, 0.3) is 0 Å². The van der Waals surface area contributed by atoms with E-state index in [-0.39, 0.29) is 29.9 Å². The van der Waals surface area contributed by atoms with Gasteiger partial charge in [-0.05, 0) is 11.6 Å². The lowest BCUT2D eigenvalue weighted by atomic mass is 10.3. The molecule has 1 unspecified atom stereocenters. The molecule has 1 aliphatic rings. The topological polar surface area (TPSA) is 96.2 Å². The molecule has 0 spiro atoms. The van der Waals surface area contributed by atoms with Gasteiger partial charge in [0, 0.05) is 6.54 Å². The number of morpholine rings is 1. The van der Waals surface area contributed by atoms with Crippen LogP contribution >= 0.6 is 11.6 Å². The Morgan fingerprint density at radius 3 is 2.78 bits per heavy atom. The van der Waals surface area contributed by atoms with Crippen molar-refractivity contribution >= 4 is 21.6 Å². The Hall–Kier alpha value is -1.27. The third-order valence-corrected chi connectivity index (χ3v) is 4.42. The van der Waals surface area contributed by atoms with Gasteiger partial charge in [0.05, 0.1) is 31.6 Å². The van der Waals surface area contributed by atoms with Crippen molar-refractivity contribution in [2.75, 3.05) is 19.7 Å². The standard InChI is InChI=1S/C9H9ClN4O3S/c10-9-12-4-8(5-13-9)18(15,16)14-1-2-17-7(3-11)6-14/h4-5,7H,1-2,6H2. The van der Waals surface area contributed by atoms with Crippen molar-refractivity contribution in [1.82, 2.24) is 14.3 Å². The zero-order valence-corrected chi connectivity index (χ0v) is 10.7. The summed E-state index contributed by atoms with van der Waals surface area (Å²) in [6.45, 7) is 0.385. The summed E-state index contributed by atoms with van der Waals surface area (Å²) < 4.78 is 30.7. The summed E-state index contributed by atoms with van der Waals surface area (Å²) in [7, 11) is -3.70. The highest BCUT2D eigenvalue weighted by Crippen LogP contribution is 2.17. The fourth-order valence-electron chi connectivity index (χ4n) is 1.50. The predicted molar refractivity (Wildman–Crippen MR) is 61.2 cm³/mol. The number of aromatic nitrogens is 2. The van der Waals surface area contributed by atoms with Gasteiger partial charge in [-0.2, -0.15) is 9.57 Å². The number of ether oxygens (including phenoxy) is 1. The lowest BCUT2D eigenvalue weighted by Gasteiger charge is -2.28. The maximum Gasteiger partial charge on any atom is 0.246 e. The molecule has 18 heavy (non-hydrogen) atoms. The van der Waals surface area contributed by atoms with Crippen LogP contribution in [-0.2, 0) is 14.8 Å². The number of hydrogen-bond donors (Lipinski definition) is 0. The quantitative estimate of drug-likeness (QED) is 0.713. The van der Waals surface area contributed by atoms with Gasteiger partial charge < -0.3 is 4.74 Å². The molecule has 2 heterocycles. The first-order valence-electron chi connectivity index (χ1n) is 5.03. The minimum Gasteiger partial charge on any atom is -0.361 e. The Kier molecular flexibility index (Phi) is 3.77. The van der Waals surface area contributed by atoms with Gasteiger partial charge in [0.15, 0.2) is 6.10 Å². The molecular weight excluding hydrogens is 280 g/mol. The van der Waals surface area contributed by atoms with Crippen LogP contribution in [0.2, 0.25) is 5.28 Å². The Morgan fingerprint density at radius 2 is 2.17 bits per heavy atom. The minimum absolute atomic E-state index is 0.00145. The third kappa shape index (κ3) is 2.59. The lowest BCUT2D eigenvalue weighted by Crippen LogP contribution is -2.45. The van der Waals surface area contributed by atoms with E-state index in [1.54, 1.807) is 0 Å². The summed E-state index contributed by atoms with van der Waals surface area (Å²) in [4.78, 5) is 7.21. The van der Waals surface area contributed by atoms with Gasteiger partial charge in [0.2, 0.25) is 15.3 Å². The molecule has 7 nitrogen and oxygen atoms in total. The van der Waals surface area contributed by atoms with Crippen molar-refractivity contribution in [2.24, 2.45) is 0 Å². The molecule has 1 aromatic rings. The second kappa shape index (κ2) is 5.16. The van der Waals surface area contributed by atoms with E-state index in [0.29, 0.717) is 0 Å². The highest BCUT2D eigenvalue weighted by atomic mass is 35.5. The average Bonchev–Trinajstić information content (AvgIpc) is 2.39. The zero-order valence-electron chi connectivity index (χ0n) is 9.15. The van der Waals surface area contributed by atoms with Gasteiger partial charge in [-0.15, -0.1) is 0 Å². The number of sulfonamides is 1. The van der Waals surface area contributed by atoms with Gasteiger partial charge >= 0.3 is 0 Å². The smallest absolute Gasteiger partial charge is 0.246 e. The summed E-state index contributed by atoms with van der Waals surface area (Å²) in [5, 5.41) is 8.72. The van der Waals surface area contributed by atoms with Crippen LogP contribution in [-0.4, -0.2) is 48.5 Å². The van der Waals surface area contributed by atoms with Gasteiger partial charge in [-0.1, -0.05) is 0 Å². The largest absolute Gasteiger partial charge is 0.361 e. The molecule has 0 saturated carbocycles. The van der Waals surface area contributed by atoms with E-state index >= 15 is 0 Å². The Balaban J connectivity index is 2.26. The van der Waals surface area contributed by atoms with E-state index in [1.807, 2.05) is 6.07 Å². The van der Waals surface area contributed by atoms with Crippen molar-refractivity contribution in [3.63, 3.8) is 0 Å². The molecule has 0 aromatic carbocycles. The molecule has 0 N–H and O–H groups in total. The van der Waals surface area contributed by atoms with Gasteiger partial charge in [-0.25, -0.2) is 18.4 Å². The summed E-state index contributed by atoms with van der Waals surface area (Å²) in [5.41, 5.74) is 0. The molecule has 1 aliphatic heterocycles. The molecule has 0 amide bonds. The summed E-state index contributed by atoms with van der Waals surface area (Å²) in [6, 6.07) is 1.89. The van der Waals surface area contributed by atoms with Crippen molar-refractivity contribution in [2.45, 2.75) is 11.0 Å². The predicted octanol–water partition coefficient (Wildman–Crippen LogP) is 0.0431. The molecular formula is C9H9ClN4O3S. The maximum atomic E-state index is 12.2. The Bertz CT molecular complexity index is 568. The molecule has 0 bridgehead atoms. The zero-order chi connectivity index (χ0) is 13.2. The number of rotatable bonds is 2. The van der Waals surface area contributed by atoms with E-state index in [0.717, 1.165) is 12.4 Å². The number of halogens is 1. The molecule has 9 heteroatoms. The molecule has 0 aliphatic carbocycles. The molecule has 96 valence electrons. The van der Waals surface area contributed by atoms with Gasteiger partial charge in [0.1, 0.15) is 4.90 Å². The van der Waals surface area contributed by atoms with E-state index in [9.17, 15) is 8.42 Å². The number of nitriles is 1. The van der Waals surface area contributed by atoms with Crippen LogP contribution in [0.1, 0.15) is 0 Å². The number of nitrogens with zero attached hydrogens (tertiary/aromatic N) is 4. The SMILES string of the molecule is N#CC1CN(S(=O)(=O)c2cnc(Cl)nc2)CCO1. The summed E-state index contributed by atoms with van der Waals surface area (Å²) >= 11 is 5.50. The first-order chi connectivity index (χ1) is 8.54. The van der Waals surface area contributed by atoms with E-state index in [4.69, 9.17) is 21.6 Å². The third-order valence-electron chi connectivity index (χ3n) is 2.41.